The molecule has 2 N–H and O–H groups in total. The highest BCUT2D eigenvalue weighted by Crippen LogP contribution is 2.36. The van der Waals surface area contributed by atoms with Crippen molar-refractivity contribution in [2.75, 3.05) is 6.54 Å². The van der Waals surface area contributed by atoms with Gasteiger partial charge in [0.25, 0.3) is 12.3 Å². The van der Waals surface area contributed by atoms with E-state index in [0.717, 1.165) is 5.69 Å². The molecule has 166 valence electrons. The highest BCUT2D eigenvalue weighted by Gasteiger charge is 2.40. The average molecular weight is 446 g/mol. The molecule has 4 aromatic heterocycles. The highest BCUT2D eigenvalue weighted by molar-refractivity contribution is 5.93. The Balaban J connectivity index is 1.63. The summed E-state index contributed by atoms with van der Waals surface area (Å²) in [5.74, 6) is -2.39. The predicted molar refractivity (Wildman–Crippen MR) is 102 cm³/mol. The number of amides is 1. The number of H-pyrrole nitrogens is 1. The van der Waals surface area contributed by atoms with Crippen molar-refractivity contribution in [1.29, 1.82) is 0 Å². The molecule has 0 saturated heterocycles. The lowest BCUT2D eigenvalue weighted by atomic mass is 9.99. The van der Waals surface area contributed by atoms with Gasteiger partial charge in [-0.1, -0.05) is 0 Å². The van der Waals surface area contributed by atoms with E-state index in [9.17, 15) is 23.1 Å². The third-order valence-electron chi connectivity index (χ3n) is 5.36. The van der Waals surface area contributed by atoms with Gasteiger partial charge in [0.1, 0.15) is 23.5 Å². The molecule has 0 unspecified atom stereocenters. The van der Waals surface area contributed by atoms with Crippen molar-refractivity contribution in [2.24, 2.45) is 0 Å². The number of aliphatic hydroxyl groups excluding tert-OH is 1. The monoisotopic (exact) mass is 446 g/mol. The molecule has 12 heteroatoms. The van der Waals surface area contributed by atoms with Crippen LogP contribution >= 0.6 is 0 Å². The summed E-state index contributed by atoms with van der Waals surface area (Å²) >= 11 is 0. The number of hydrogen-bond acceptors (Lipinski definition) is 6. The second kappa shape index (κ2) is 7.48. The van der Waals surface area contributed by atoms with Crippen LogP contribution in [-0.2, 0) is 6.42 Å². The van der Waals surface area contributed by atoms with E-state index in [1.807, 2.05) is 0 Å². The van der Waals surface area contributed by atoms with E-state index in [2.05, 4.69) is 20.1 Å². The Bertz CT molecular complexity index is 1310. The van der Waals surface area contributed by atoms with Gasteiger partial charge in [0.05, 0.1) is 17.7 Å². The molecule has 5 heterocycles. The Labute approximate surface area is 178 Å². The number of rotatable bonds is 4. The van der Waals surface area contributed by atoms with Crippen LogP contribution < -0.4 is 0 Å². The standard InChI is InChI=1S/C20H17F3N6O3/c1-9(30)19-26-15(18(22)23)17(32-19)20(31)28-6-4-11-14(25-8-24-11)16(28)12-7-13-10(21)3-2-5-29(13)27-12/h2-3,5,7-9,16,18,30H,4,6H2,1H3,(H,24,25)/t9-,16-/m0/s1. The Morgan fingerprint density at radius 2 is 2.22 bits per heavy atom. The van der Waals surface area contributed by atoms with E-state index in [1.54, 1.807) is 6.20 Å². The van der Waals surface area contributed by atoms with Crippen LogP contribution in [-0.4, -0.2) is 47.0 Å². The van der Waals surface area contributed by atoms with Crippen LogP contribution in [0.15, 0.2) is 35.1 Å². The summed E-state index contributed by atoms with van der Waals surface area (Å²) in [6, 6.07) is 3.39. The zero-order valence-corrected chi connectivity index (χ0v) is 16.7. The molecule has 0 bridgehead atoms. The van der Waals surface area contributed by atoms with Crippen molar-refractivity contribution in [2.45, 2.75) is 31.9 Å². The van der Waals surface area contributed by atoms with Crippen LogP contribution in [0.2, 0.25) is 0 Å². The first-order valence-corrected chi connectivity index (χ1v) is 9.79. The van der Waals surface area contributed by atoms with Gasteiger partial charge in [0.15, 0.2) is 5.69 Å². The van der Waals surface area contributed by atoms with Crippen LogP contribution in [0.5, 0.6) is 0 Å². The summed E-state index contributed by atoms with van der Waals surface area (Å²) in [4.78, 5) is 25.6. The van der Waals surface area contributed by atoms with Crippen LogP contribution in [0.25, 0.3) is 5.52 Å². The molecule has 0 saturated carbocycles. The number of aromatic nitrogens is 5. The van der Waals surface area contributed by atoms with Crippen LogP contribution in [0.4, 0.5) is 13.2 Å². The Kier molecular flexibility index (Phi) is 4.73. The van der Waals surface area contributed by atoms with Crippen molar-refractivity contribution < 1.29 is 27.5 Å². The number of aromatic amines is 1. The molecule has 2 atom stereocenters. The van der Waals surface area contributed by atoms with E-state index < -0.39 is 41.7 Å². The van der Waals surface area contributed by atoms with Crippen molar-refractivity contribution in [3.05, 3.63) is 71.0 Å². The molecular weight excluding hydrogens is 429 g/mol. The number of oxazole rings is 1. The second-order valence-corrected chi connectivity index (χ2v) is 7.42. The molecule has 0 aliphatic carbocycles. The number of imidazole rings is 1. The van der Waals surface area contributed by atoms with Gasteiger partial charge in [-0.15, -0.1) is 0 Å². The van der Waals surface area contributed by atoms with Crippen LogP contribution in [0, 0.1) is 5.82 Å². The minimum absolute atomic E-state index is 0.141. The maximum Gasteiger partial charge on any atom is 0.292 e. The molecule has 9 nitrogen and oxygen atoms in total. The Morgan fingerprint density at radius 1 is 1.41 bits per heavy atom. The Hall–Kier alpha value is -3.67. The van der Waals surface area contributed by atoms with Crippen molar-refractivity contribution in [3.8, 4) is 0 Å². The minimum atomic E-state index is -3.08. The summed E-state index contributed by atoms with van der Waals surface area (Å²) < 4.78 is 48.0. The lowest BCUT2D eigenvalue weighted by Gasteiger charge is -2.33. The summed E-state index contributed by atoms with van der Waals surface area (Å²) in [6.07, 6.45) is -0.945. The number of nitrogens with one attached hydrogen (secondary N) is 1. The molecule has 0 aromatic carbocycles. The van der Waals surface area contributed by atoms with Crippen molar-refractivity contribution >= 4 is 11.4 Å². The van der Waals surface area contributed by atoms with Crippen LogP contribution in [0.3, 0.4) is 0 Å². The van der Waals surface area contributed by atoms with E-state index in [1.165, 1.54) is 40.9 Å². The average Bonchev–Trinajstić information content (AvgIpc) is 3.49. The minimum Gasteiger partial charge on any atom is -0.432 e. The van der Waals surface area contributed by atoms with Gasteiger partial charge in [-0.2, -0.15) is 5.10 Å². The fourth-order valence-electron chi connectivity index (χ4n) is 3.89. The fourth-order valence-corrected chi connectivity index (χ4v) is 3.89. The first-order valence-electron chi connectivity index (χ1n) is 9.79. The zero-order chi connectivity index (χ0) is 22.6. The van der Waals surface area contributed by atoms with E-state index >= 15 is 0 Å². The SMILES string of the molecule is C[C@H](O)c1nc(C(F)F)c(C(=O)N2CCc3[nH]cnc3[C@@H]2c2cc3c(F)cccn3n2)o1. The molecule has 32 heavy (non-hydrogen) atoms. The largest absolute Gasteiger partial charge is 0.432 e. The molecule has 1 aliphatic heterocycles. The zero-order valence-electron chi connectivity index (χ0n) is 16.7. The topological polar surface area (TPSA) is 113 Å². The van der Waals surface area contributed by atoms with E-state index in [4.69, 9.17) is 4.42 Å². The molecule has 1 amide bonds. The number of aliphatic hydroxyl groups is 1. The van der Waals surface area contributed by atoms with Crippen molar-refractivity contribution in [3.63, 3.8) is 0 Å². The van der Waals surface area contributed by atoms with Gasteiger partial charge < -0.3 is 19.4 Å². The third kappa shape index (κ3) is 3.14. The van der Waals surface area contributed by atoms with Gasteiger partial charge >= 0.3 is 0 Å². The van der Waals surface area contributed by atoms with Crippen molar-refractivity contribution in [1.82, 2.24) is 29.5 Å². The maximum absolute atomic E-state index is 14.3. The molecule has 1 aliphatic rings. The van der Waals surface area contributed by atoms with Gasteiger partial charge in [-0.25, -0.2) is 27.7 Å². The number of hydrogen-bond donors (Lipinski definition) is 2. The molecule has 5 rings (SSSR count). The van der Waals surface area contributed by atoms with E-state index in [-0.39, 0.29) is 18.0 Å². The summed E-state index contributed by atoms with van der Waals surface area (Å²) in [5, 5.41) is 14.1. The third-order valence-corrected chi connectivity index (χ3v) is 5.36. The van der Waals surface area contributed by atoms with E-state index in [0.29, 0.717) is 17.8 Å². The highest BCUT2D eigenvalue weighted by atomic mass is 19.3. The smallest absolute Gasteiger partial charge is 0.292 e. The Morgan fingerprint density at radius 3 is 2.94 bits per heavy atom. The first kappa shape index (κ1) is 20.2. The number of carbonyl (C=O) groups excluding carboxylic acids is 1. The number of nitrogens with zero attached hydrogens (tertiary/aromatic N) is 5. The number of fused-ring (bicyclic) bond motifs is 2. The number of halogens is 3. The lowest BCUT2D eigenvalue weighted by Crippen LogP contribution is -2.41. The van der Waals surface area contributed by atoms with Crippen LogP contribution in [0.1, 0.15) is 64.7 Å². The number of alkyl halides is 2. The molecule has 0 fully saturated rings. The molecule has 0 spiro atoms. The molecular formula is C20H17F3N6O3. The normalized spacial score (nSPS) is 17.2. The van der Waals surface area contributed by atoms with Gasteiger partial charge in [0.2, 0.25) is 11.7 Å². The summed E-state index contributed by atoms with van der Waals surface area (Å²) in [5.41, 5.74) is 0.890. The predicted octanol–water partition coefficient (Wildman–Crippen LogP) is 2.96. The molecule has 0 radical (unpaired) electrons. The second-order valence-electron chi connectivity index (χ2n) is 7.42. The quantitative estimate of drug-likeness (QED) is 0.499. The first-order chi connectivity index (χ1) is 15.3. The summed E-state index contributed by atoms with van der Waals surface area (Å²) in [6.45, 7) is 1.43. The number of carbonyl (C=O) groups is 1. The van der Waals surface area contributed by atoms with Gasteiger partial charge in [-0.3, -0.25) is 4.79 Å². The molecule has 4 aromatic rings. The number of pyridine rings is 1. The summed E-state index contributed by atoms with van der Waals surface area (Å²) in [7, 11) is 0. The lowest BCUT2D eigenvalue weighted by molar-refractivity contribution is 0.0631. The maximum atomic E-state index is 14.3. The van der Waals surface area contributed by atoms with Gasteiger partial charge in [0, 0.05) is 24.9 Å². The fraction of sp³-hybridized carbons (Fsp3) is 0.300. The van der Waals surface area contributed by atoms with Gasteiger partial charge in [-0.05, 0) is 25.1 Å².